The Morgan fingerprint density at radius 1 is 0.981 bits per heavy atom. The van der Waals surface area contributed by atoms with Crippen LogP contribution in [0.25, 0.3) is 6.08 Å². The number of pyridine rings is 1. The molecular formula is C39H29Cl2F3N4O6. The number of carbonyl (C=O) groups is 4. The first kappa shape index (κ1) is 35.8. The Hall–Kier alpha value is -5.24. The van der Waals surface area contributed by atoms with Gasteiger partial charge in [-0.25, -0.2) is 4.98 Å². The quantitative estimate of drug-likeness (QED) is 0.147. The number of benzene rings is 2. The van der Waals surface area contributed by atoms with E-state index in [-0.39, 0.29) is 30.2 Å². The van der Waals surface area contributed by atoms with E-state index in [2.05, 4.69) is 17.0 Å². The van der Waals surface area contributed by atoms with Crippen molar-refractivity contribution < 1.29 is 41.9 Å². The van der Waals surface area contributed by atoms with Gasteiger partial charge in [0.15, 0.2) is 5.82 Å². The number of allylic oxidation sites excluding steroid dienone is 2. The van der Waals surface area contributed by atoms with Crippen molar-refractivity contribution in [2.45, 2.75) is 37.0 Å². The first-order chi connectivity index (χ1) is 25.8. The van der Waals surface area contributed by atoms with Gasteiger partial charge in [-0.1, -0.05) is 71.8 Å². The number of hydrogen-bond donors (Lipinski definition) is 2. The van der Waals surface area contributed by atoms with Gasteiger partial charge in [-0.2, -0.15) is 18.2 Å². The molecule has 54 heavy (non-hydrogen) atoms. The highest BCUT2D eigenvalue weighted by molar-refractivity contribution is 6.33. The number of amides is 4. The Balaban J connectivity index is 1.28. The lowest BCUT2D eigenvalue weighted by molar-refractivity contribution is -0.139. The fourth-order valence-corrected chi connectivity index (χ4v) is 9.07. The van der Waals surface area contributed by atoms with E-state index in [1.165, 1.54) is 11.0 Å². The van der Waals surface area contributed by atoms with Crippen molar-refractivity contribution in [2.24, 2.45) is 23.7 Å². The zero-order valence-electron chi connectivity index (χ0n) is 28.0. The van der Waals surface area contributed by atoms with Crippen molar-refractivity contribution in [1.82, 2.24) is 9.99 Å². The molecule has 2 aromatic carbocycles. The van der Waals surface area contributed by atoms with Gasteiger partial charge in [0.2, 0.25) is 11.8 Å². The number of aliphatic hydroxyl groups excluding tert-OH is 1. The largest absolute Gasteiger partial charge is 0.463 e. The summed E-state index contributed by atoms with van der Waals surface area (Å²) in [6.07, 6.45) is -0.649. The molecule has 2 aliphatic heterocycles. The standard InChI is InChI=1S/C39H29Cl2F3N4O6/c1-2-19-3-9-23(10-4-19)47-34(50)26-13-12-25-27(31(26)36(47)52)16-28-35(51)48(46-33-29(41)15-21(17-45-33)39(42,43)44)37(53)38(28,20-5-7-22(40)8-6-20)32(25)30-14-11-24(18-49)54-30/h2-12,14-15,17,26-28,31-32,49H,1,13,16,18H2,(H,45,46)/t26-,27+,28-,31-,32+,38+/m0/s1. The van der Waals surface area contributed by atoms with E-state index in [0.29, 0.717) is 39.1 Å². The van der Waals surface area contributed by atoms with Gasteiger partial charge in [-0.15, -0.1) is 0 Å². The van der Waals surface area contributed by atoms with Gasteiger partial charge < -0.3 is 9.52 Å². The Morgan fingerprint density at radius 2 is 1.70 bits per heavy atom. The maximum Gasteiger partial charge on any atom is 0.417 e. The summed E-state index contributed by atoms with van der Waals surface area (Å²) in [5.41, 5.74) is 1.84. The molecule has 0 bridgehead atoms. The van der Waals surface area contributed by atoms with Gasteiger partial charge in [-0.05, 0) is 72.4 Å². The third-order valence-electron chi connectivity index (χ3n) is 11.1. The maximum atomic E-state index is 15.2. The molecule has 0 spiro atoms. The highest BCUT2D eigenvalue weighted by Gasteiger charge is 2.71. The van der Waals surface area contributed by atoms with Crippen LogP contribution in [0.1, 0.15) is 47.0 Å². The van der Waals surface area contributed by atoms with Crippen LogP contribution in [0.5, 0.6) is 0 Å². The van der Waals surface area contributed by atoms with Crippen LogP contribution < -0.4 is 10.3 Å². The molecule has 4 heterocycles. The third-order valence-corrected chi connectivity index (χ3v) is 11.6. The molecule has 10 nitrogen and oxygen atoms in total. The second-order valence-corrected chi connectivity index (χ2v) is 14.5. The Kier molecular flexibility index (Phi) is 8.59. The number of halogens is 5. The fourth-order valence-electron chi connectivity index (χ4n) is 8.74. The number of hydrazine groups is 1. The van der Waals surface area contributed by atoms with Gasteiger partial charge in [-0.3, -0.25) is 29.5 Å². The molecule has 2 saturated heterocycles. The summed E-state index contributed by atoms with van der Waals surface area (Å²) < 4.78 is 46.5. The van der Waals surface area contributed by atoms with Crippen molar-refractivity contribution in [3.63, 3.8) is 0 Å². The number of alkyl halides is 3. The van der Waals surface area contributed by atoms with E-state index >= 15 is 4.79 Å². The van der Waals surface area contributed by atoms with Crippen LogP contribution >= 0.6 is 23.2 Å². The van der Waals surface area contributed by atoms with Crippen LogP contribution in [0, 0.1) is 23.7 Å². The highest BCUT2D eigenvalue weighted by atomic mass is 35.5. The normalized spacial score (nSPS) is 26.4. The first-order valence-electron chi connectivity index (χ1n) is 16.9. The van der Waals surface area contributed by atoms with E-state index in [9.17, 15) is 32.7 Å². The lowest BCUT2D eigenvalue weighted by atomic mass is 9.50. The van der Waals surface area contributed by atoms with Crippen molar-refractivity contribution in [1.29, 1.82) is 0 Å². The molecule has 2 aliphatic carbocycles. The Bertz CT molecular complexity index is 2270. The van der Waals surface area contributed by atoms with Crippen LogP contribution in [0.4, 0.5) is 24.7 Å². The smallest absolute Gasteiger partial charge is 0.417 e. The molecule has 3 fully saturated rings. The average Bonchev–Trinajstić information content (AvgIpc) is 3.79. The number of aliphatic hydroxyl groups is 1. The number of imide groups is 2. The number of carbonyl (C=O) groups excluding carboxylic acids is 4. The molecule has 4 aromatic rings. The zero-order valence-corrected chi connectivity index (χ0v) is 29.5. The van der Waals surface area contributed by atoms with Gasteiger partial charge >= 0.3 is 6.18 Å². The predicted molar refractivity (Wildman–Crippen MR) is 191 cm³/mol. The Labute approximate surface area is 315 Å². The number of hydrogen-bond acceptors (Lipinski definition) is 8. The summed E-state index contributed by atoms with van der Waals surface area (Å²) >= 11 is 12.5. The SMILES string of the molecule is C=Cc1ccc(N2C(=O)[C@H]3[C@H](CC=C4[C@H]3C[C@H]3C(=O)N(Nc5ncc(C(F)(F)F)cc5Cl)C(=O)[C@@]3(c3ccc(Cl)cc3)[C@H]4c3ccc(CO)o3)C2=O)cc1. The van der Waals surface area contributed by atoms with Crippen LogP contribution in [0.15, 0.2) is 95.6 Å². The minimum absolute atomic E-state index is 0.0567. The molecular weight excluding hydrogens is 748 g/mol. The summed E-state index contributed by atoms with van der Waals surface area (Å²) in [7, 11) is 0. The fraction of sp³-hybridized carbons (Fsp3) is 0.256. The monoisotopic (exact) mass is 776 g/mol. The van der Waals surface area contributed by atoms with Crippen LogP contribution in [-0.2, 0) is 37.4 Å². The second kappa shape index (κ2) is 13.0. The first-order valence-corrected chi connectivity index (χ1v) is 17.7. The molecule has 15 heteroatoms. The van der Waals surface area contributed by atoms with E-state index in [0.717, 1.165) is 5.56 Å². The lowest BCUT2D eigenvalue weighted by Gasteiger charge is -2.49. The van der Waals surface area contributed by atoms with Gasteiger partial charge in [0.05, 0.1) is 39.9 Å². The molecule has 2 aromatic heterocycles. The predicted octanol–water partition coefficient (Wildman–Crippen LogP) is 7.33. The molecule has 4 aliphatic rings. The molecule has 2 N–H and O–H groups in total. The lowest BCUT2D eigenvalue weighted by Crippen LogP contribution is -2.53. The summed E-state index contributed by atoms with van der Waals surface area (Å²) in [6, 6.07) is 16.9. The number of fused-ring (bicyclic) bond motifs is 4. The minimum Gasteiger partial charge on any atom is -0.463 e. The molecule has 6 atom stereocenters. The average molecular weight is 778 g/mol. The van der Waals surface area contributed by atoms with E-state index in [1.807, 2.05) is 6.08 Å². The zero-order chi connectivity index (χ0) is 38.3. The molecule has 4 amide bonds. The molecule has 0 unspecified atom stereocenters. The number of nitrogens with one attached hydrogen (secondary N) is 1. The number of nitrogens with zero attached hydrogens (tertiary/aromatic N) is 3. The number of aromatic nitrogens is 1. The Morgan fingerprint density at radius 3 is 2.33 bits per heavy atom. The topological polar surface area (TPSA) is 133 Å². The molecule has 276 valence electrons. The van der Waals surface area contributed by atoms with Crippen LogP contribution in [0.3, 0.4) is 0 Å². The van der Waals surface area contributed by atoms with E-state index in [4.69, 9.17) is 27.6 Å². The number of rotatable bonds is 7. The van der Waals surface area contributed by atoms with Crippen molar-refractivity contribution >= 4 is 64.4 Å². The van der Waals surface area contributed by atoms with Crippen LogP contribution in [-0.4, -0.2) is 38.7 Å². The molecule has 0 radical (unpaired) electrons. The molecule has 1 saturated carbocycles. The summed E-state index contributed by atoms with van der Waals surface area (Å²) in [5, 5.41) is 10.5. The van der Waals surface area contributed by atoms with Crippen molar-refractivity contribution in [2.75, 3.05) is 10.3 Å². The van der Waals surface area contributed by atoms with Crippen LogP contribution in [0.2, 0.25) is 10.0 Å². The number of furan rings is 1. The summed E-state index contributed by atoms with van der Waals surface area (Å²) in [6.45, 7) is 3.28. The highest BCUT2D eigenvalue weighted by Crippen LogP contribution is 2.64. The van der Waals surface area contributed by atoms with Gasteiger partial charge in [0.1, 0.15) is 23.5 Å². The number of anilines is 2. The van der Waals surface area contributed by atoms with E-state index < -0.39 is 82.0 Å². The second-order valence-electron chi connectivity index (χ2n) is 13.7. The van der Waals surface area contributed by atoms with Crippen molar-refractivity contribution in [3.05, 3.63) is 129 Å². The van der Waals surface area contributed by atoms with Gasteiger partial charge in [0.25, 0.3) is 11.8 Å². The maximum absolute atomic E-state index is 15.2. The van der Waals surface area contributed by atoms with Gasteiger partial charge in [0, 0.05) is 11.2 Å². The summed E-state index contributed by atoms with van der Waals surface area (Å²) in [4.78, 5) is 63.3. The molecule has 8 rings (SSSR count). The summed E-state index contributed by atoms with van der Waals surface area (Å²) in [5.74, 6) is -7.00. The third kappa shape index (κ3) is 5.31. The van der Waals surface area contributed by atoms with E-state index in [1.54, 1.807) is 60.7 Å². The minimum atomic E-state index is -4.75. The van der Waals surface area contributed by atoms with Crippen molar-refractivity contribution in [3.8, 4) is 0 Å².